The summed E-state index contributed by atoms with van der Waals surface area (Å²) in [5, 5.41) is 8.48. The van der Waals surface area contributed by atoms with Crippen molar-refractivity contribution in [1.82, 2.24) is 0 Å². The maximum Gasteiger partial charge on any atom is 0.331 e. The van der Waals surface area contributed by atoms with Gasteiger partial charge in [0.25, 0.3) is 0 Å². The van der Waals surface area contributed by atoms with Gasteiger partial charge in [-0.1, -0.05) is 12.2 Å². The van der Waals surface area contributed by atoms with Gasteiger partial charge in [-0.15, -0.1) is 0 Å². The van der Waals surface area contributed by atoms with Crippen LogP contribution in [0.2, 0.25) is 0 Å². The fourth-order valence-electron chi connectivity index (χ4n) is 1.12. The number of rotatable bonds is 6. The molecule has 5 nitrogen and oxygen atoms in total. The van der Waals surface area contributed by atoms with Crippen LogP contribution in [0.25, 0.3) is 0 Å². The summed E-state index contributed by atoms with van der Waals surface area (Å²) < 4.78 is 15.2. The highest BCUT2D eigenvalue weighted by molar-refractivity contribution is 5.84. The Morgan fingerprint density at radius 3 is 3.00 bits per heavy atom. The highest BCUT2D eigenvalue weighted by atomic mass is 16.7. The van der Waals surface area contributed by atoms with Gasteiger partial charge in [0, 0.05) is 13.2 Å². The fraction of sp³-hybridized carbons (Fsp3) is 0.500. The third kappa shape index (κ3) is 3.83. The lowest BCUT2D eigenvalue weighted by atomic mass is 10.3. The van der Waals surface area contributed by atoms with Crippen LogP contribution in [0, 0.1) is 0 Å². The molecule has 0 aliphatic carbocycles. The smallest absolute Gasteiger partial charge is 0.331 e. The molecule has 0 aromatic rings. The maximum atomic E-state index is 10.8. The number of cyclic esters (lactones) is 1. The molecule has 5 heteroatoms. The second kappa shape index (κ2) is 6.34. The van der Waals surface area contributed by atoms with Gasteiger partial charge < -0.3 is 19.3 Å². The molecule has 0 radical (unpaired) electrons. The van der Waals surface area contributed by atoms with Crippen molar-refractivity contribution in [3.63, 3.8) is 0 Å². The van der Waals surface area contributed by atoms with Crippen LogP contribution in [-0.4, -0.2) is 43.8 Å². The number of carbonyl (C=O) groups excluding carboxylic acids is 1. The molecule has 0 bridgehead atoms. The van der Waals surface area contributed by atoms with E-state index < -0.39 is 18.4 Å². The Morgan fingerprint density at radius 2 is 2.47 bits per heavy atom. The molecule has 1 N–H and O–H groups in total. The Morgan fingerprint density at radius 1 is 1.67 bits per heavy atom. The lowest BCUT2D eigenvalue weighted by molar-refractivity contribution is -0.179. The van der Waals surface area contributed by atoms with Gasteiger partial charge in [-0.05, 0) is 6.08 Å². The average molecular weight is 214 g/mol. The van der Waals surface area contributed by atoms with E-state index in [1.807, 2.05) is 0 Å². The number of ether oxygens (including phenoxy) is 3. The fourth-order valence-corrected chi connectivity index (χ4v) is 1.12. The molecule has 0 saturated carbocycles. The first-order valence-corrected chi connectivity index (χ1v) is 4.57. The number of carbonyl (C=O) groups is 1. The first-order chi connectivity index (χ1) is 7.27. The molecule has 0 saturated heterocycles. The molecule has 0 aromatic heterocycles. The molecular formula is C10H14O5. The summed E-state index contributed by atoms with van der Waals surface area (Å²) in [5.41, 5.74) is 0. The Balaban J connectivity index is 2.33. The van der Waals surface area contributed by atoms with Crippen molar-refractivity contribution in [3.05, 3.63) is 24.3 Å². The third-order valence-corrected chi connectivity index (χ3v) is 1.80. The first-order valence-electron chi connectivity index (χ1n) is 4.57. The van der Waals surface area contributed by atoms with Crippen molar-refractivity contribution in [3.8, 4) is 0 Å². The summed E-state index contributed by atoms with van der Waals surface area (Å²) in [7, 11) is 1.47. The molecule has 15 heavy (non-hydrogen) atoms. The van der Waals surface area contributed by atoms with E-state index in [1.54, 1.807) is 18.2 Å². The summed E-state index contributed by atoms with van der Waals surface area (Å²) >= 11 is 0. The van der Waals surface area contributed by atoms with Gasteiger partial charge in [0.1, 0.15) is 0 Å². The summed E-state index contributed by atoms with van der Waals surface area (Å²) in [6.45, 7) is 0.264. The van der Waals surface area contributed by atoms with Crippen molar-refractivity contribution >= 4 is 5.97 Å². The molecular weight excluding hydrogens is 200 g/mol. The Labute approximate surface area is 87.9 Å². The van der Waals surface area contributed by atoms with Crippen molar-refractivity contribution in [2.24, 2.45) is 0 Å². The second-order valence-electron chi connectivity index (χ2n) is 2.85. The molecule has 1 heterocycles. The number of methoxy groups -OCH3 is 1. The van der Waals surface area contributed by atoms with Gasteiger partial charge >= 0.3 is 5.97 Å². The number of hydrogen-bond acceptors (Lipinski definition) is 5. The zero-order chi connectivity index (χ0) is 11.1. The Kier molecular flexibility index (Phi) is 5.03. The van der Waals surface area contributed by atoms with E-state index in [-0.39, 0.29) is 6.61 Å². The molecule has 2 atom stereocenters. The largest absolute Gasteiger partial charge is 0.449 e. The highest BCUT2D eigenvalue weighted by Crippen LogP contribution is 2.13. The standard InChI is InChI=1S/C10H14O5/c1-13-10(14-7-3-2-6-11)8-4-5-9(12)15-8/h2-5,8,10-11H,6-7H2,1H3/b3-2+. The van der Waals surface area contributed by atoms with Crippen LogP contribution in [0.5, 0.6) is 0 Å². The molecule has 0 fully saturated rings. The molecule has 84 valence electrons. The van der Waals surface area contributed by atoms with E-state index in [2.05, 4.69) is 0 Å². The van der Waals surface area contributed by atoms with Gasteiger partial charge in [0.15, 0.2) is 12.4 Å². The van der Waals surface area contributed by atoms with E-state index in [1.165, 1.54) is 13.2 Å². The van der Waals surface area contributed by atoms with Crippen LogP contribution in [0.4, 0.5) is 0 Å². The predicted molar refractivity (Wildman–Crippen MR) is 52.0 cm³/mol. The van der Waals surface area contributed by atoms with Crippen LogP contribution in [-0.2, 0) is 19.0 Å². The normalized spacial score (nSPS) is 22.3. The molecule has 0 aromatic carbocycles. The number of hydrogen-bond donors (Lipinski definition) is 1. The van der Waals surface area contributed by atoms with Crippen LogP contribution in [0.15, 0.2) is 24.3 Å². The topological polar surface area (TPSA) is 65.0 Å². The molecule has 0 amide bonds. The summed E-state index contributed by atoms with van der Waals surface area (Å²) in [5.74, 6) is -0.392. The van der Waals surface area contributed by atoms with Crippen LogP contribution in [0.1, 0.15) is 0 Å². The van der Waals surface area contributed by atoms with Crippen LogP contribution >= 0.6 is 0 Å². The molecule has 1 aliphatic rings. The van der Waals surface area contributed by atoms with Crippen molar-refractivity contribution in [2.45, 2.75) is 12.4 Å². The van der Waals surface area contributed by atoms with Gasteiger partial charge in [-0.3, -0.25) is 0 Å². The van der Waals surface area contributed by atoms with Crippen molar-refractivity contribution in [2.75, 3.05) is 20.3 Å². The first kappa shape index (κ1) is 11.9. The van der Waals surface area contributed by atoms with Crippen molar-refractivity contribution in [1.29, 1.82) is 0 Å². The second-order valence-corrected chi connectivity index (χ2v) is 2.85. The molecule has 1 aliphatic heterocycles. The van der Waals surface area contributed by atoms with E-state index in [0.29, 0.717) is 6.61 Å². The van der Waals surface area contributed by atoms with E-state index in [0.717, 1.165) is 0 Å². The third-order valence-electron chi connectivity index (χ3n) is 1.80. The highest BCUT2D eigenvalue weighted by Gasteiger charge is 2.26. The van der Waals surface area contributed by atoms with Gasteiger partial charge in [-0.25, -0.2) is 4.79 Å². The van der Waals surface area contributed by atoms with Crippen LogP contribution < -0.4 is 0 Å². The van der Waals surface area contributed by atoms with Crippen molar-refractivity contribution < 1.29 is 24.1 Å². The minimum absolute atomic E-state index is 0.0284. The lowest BCUT2D eigenvalue weighted by Crippen LogP contribution is -2.30. The average Bonchev–Trinajstić information content (AvgIpc) is 2.65. The SMILES string of the molecule is COC(OC/C=C/CO)C1C=CC(=O)O1. The van der Waals surface area contributed by atoms with E-state index >= 15 is 0 Å². The number of aliphatic hydroxyl groups excluding tert-OH is 1. The summed E-state index contributed by atoms with van der Waals surface area (Å²) in [6.07, 6.45) is 5.03. The Bertz CT molecular complexity index is 259. The molecule has 1 rings (SSSR count). The predicted octanol–water partition coefficient (Wildman–Crippen LogP) is 0.00560. The van der Waals surface area contributed by atoms with Gasteiger partial charge in [0.2, 0.25) is 0 Å². The quantitative estimate of drug-likeness (QED) is 0.383. The monoisotopic (exact) mass is 214 g/mol. The zero-order valence-corrected chi connectivity index (χ0v) is 8.46. The minimum atomic E-state index is -0.615. The molecule has 0 spiro atoms. The Hall–Kier alpha value is -1.17. The number of esters is 1. The molecule has 2 unspecified atom stereocenters. The summed E-state index contributed by atoms with van der Waals surface area (Å²) in [6, 6.07) is 0. The van der Waals surface area contributed by atoms with E-state index in [4.69, 9.17) is 19.3 Å². The van der Waals surface area contributed by atoms with E-state index in [9.17, 15) is 4.79 Å². The van der Waals surface area contributed by atoms with Gasteiger partial charge in [0.05, 0.1) is 13.2 Å². The lowest BCUT2D eigenvalue weighted by Gasteiger charge is -2.19. The van der Waals surface area contributed by atoms with Crippen LogP contribution in [0.3, 0.4) is 0 Å². The maximum absolute atomic E-state index is 10.8. The number of aliphatic hydroxyl groups is 1. The van der Waals surface area contributed by atoms with Gasteiger partial charge in [-0.2, -0.15) is 0 Å². The zero-order valence-electron chi connectivity index (χ0n) is 8.46. The summed E-state index contributed by atoms with van der Waals surface area (Å²) in [4.78, 5) is 10.8. The minimum Gasteiger partial charge on any atom is -0.449 e.